The van der Waals surface area contributed by atoms with Crippen LogP contribution in [0.15, 0.2) is 0 Å². The number of carboxylic acid groups (broad SMARTS) is 4. The number of amides is 2. The van der Waals surface area contributed by atoms with Crippen LogP contribution in [0.5, 0.6) is 0 Å². The molecule has 26 nitrogen and oxygen atoms in total. The number of carbonyl (C=O) groups is 7. The number of aliphatic hydroxyl groups is 4. The Kier molecular flexibility index (Phi) is 29.0. The number of sulfonamides is 1. The summed E-state index contributed by atoms with van der Waals surface area (Å²) in [6, 6.07) is -3.88. The summed E-state index contributed by atoms with van der Waals surface area (Å²) >= 11 is 0. The molecule has 2 unspecified atom stereocenters. The topological polar surface area (TPSA) is 374 Å². The van der Waals surface area contributed by atoms with Gasteiger partial charge in [0.2, 0.25) is 12.2 Å². The number of esters is 1. The first kappa shape index (κ1) is 80.0. The fourth-order valence-corrected chi connectivity index (χ4v) is 9.27. The standard InChI is InChI=1S/C41H56F17N7O19S.Gd/c1-20(64-12-10-62(17-25(70)71)8-6-61(16-24(68)69)7-9-63(11-13-64)18-26(72)73)31(78)60-14-23(67)65(5-3-2-4-21(32(79)80)59-15-27(74)84-33-30(77)29(76)28(75)22(19-66)83-33)85(81,82)41(57,58)39(52,53)37(48,49)35(44,45)34(42,43)36(46,47)38(50,51)40(54,55)56;/h20-22,28-30,33,59,66,75-77H,2-19H2,1H3,(H,60,78)(H,68,69)(H,70,71)(H,72,73)(H,79,80);/q;+3/t20?,21?,22-,28-,29+,30+,33-;/m1./s1. The van der Waals surface area contributed by atoms with Crippen LogP contribution in [0, 0.1) is 39.9 Å². The van der Waals surface area contributed by atoms with Crippen molar-refractivity contribution in [2.24, 2.45) is 0 Å². The van der Waals surface area contributed by atoms with E-state index in [2.05, 4.69) is 0 Å². The number of aliphatic carboxylic acids is 4. The van der Waals surface area contributed by atoms with E-state index in [0.29, 0.717) is 0 Å². The third kappa shape index (κ3) is 18.3. The number of aliphatic hydroxyl groups excluding tert-OH is 4. The molecule has 499 valence electrons. The van der Waals surface area contributed by atoms with Gasteiger partial charge in [0.05, 0.1) is 45.4 Å². The number of hydrogen-bond acceptors (Lipinski definition) is 20. The number of halogens is 17. The van der Waals surface area contributed by atoms with E-state index in [1.165, 1.54) is 14.7 Å². The number of nitrogens with zero attached hydrogens (tertiary/aromatic N) is 5. The number of alkyl halides is 17. The number of hydrogen-bond donors (Lipinski definition) is 10. The van der Waals surface area contributed by atoms with Crippen LogP contribution in [-0.2, 0) is 53.1 Å². The molecule has 0 aliphatic carbocycles. The van der Waals surface area contributed by atoms with E-state index in [1.807, 2.05) is 5.32 Å². The van der Waals surface area contributed by atoms with Crippen molar-refractivity contribution >= 4 is 51.7 Å². The molecule has 2 rings (SSSR count). The minimum atomic E-state index is -9.27. The van der Waals surface area contributed by atoms with Crippen molar-refractivity contribution in [2.75, 3.05) is 98.2 Å². The van der Waals surface area contributed by atoms with Crippen LogP contribution in [0.3, 0.4) is 0 Å². The van der Waals surface area contributed by atoms with Gasteiger partial charge in [0.1, 0.15) is 30.5 Å². The number of rotatable bonds is 29. The molecule has 7 atom stereocenters. The average molecular weight is 1460 g/mol. The van der Waals surface area contributed by atoms with Gasteiger partial charge in [-0.1, -0.05) is 0 Å². The summed E-state index contributed by atoms with van der Waals surface area (Å²) in [4.78, 5) is 91.1. The van der Waals surface area contributed by atoms with Crippen LogP contribution in [0.25, 0.3) is 0 Å². The van der Waals surface area contributed by atoms with Crippen molar-refractivity contribution in [1.29, 1.82) is 0 Å². The Morgan fingerprint density at radius 3 is 1.41 bits per heavy atom. The van der Waals surface area contributed by atoms with Gasteiger partial charge in [0.15, 0.2) is 0 Å². The third-order valence-corrected chi connectivity index (χ3v) is 14.7. The fourth-order valence-electron chi connectivity index (χ4n) is 7.84. The molecule has 2 aliphatic rings. The zero-order chi connectivity index (χ0) is 66.0. The summed E-state index contributed by atoms with van der Waals surface area (Å²) in [7, 11) is -8.41. The Hall–Kier alpha value is -4.03. The van der Waals surface area contributed by atoms with Gasteiger partial charge in [-0.3, -0.25) is 58.5 Å². The van der Waals surface area contributed by atoms with E-state index in [9.17, 15) is 140 Å². The Bertz CT molecular complexity index is 2430. The van der Waals surface area contributed by atoms with E-state index in [0.717, 1.165) is 11.8 Å². The van der Waals surface area contributed by atoms with Crippen LogP contribution >= 0.6 is 0 Å². The molecule has 45 heteroatoms. The molecule has 2 saturated heterocycles. The predicted molar refractivity (Wildman–Crippen MR) is 241 cm³/mol. The van der Waals surface area contributed by atoms with Crippen LogP contribution in [0.2, 0.25) is 0 Å². The van der Waals surface area contributed by atoms with E-state index in [1.54, 1.807) is 5.32 Å². The quantitative estimate of drug-likeness (QED) is 0.0235. The minimum Gasteiger partial charge on any atom is -0.480 e. The molecule has 0 aromatic carbocycles. The zero-order valence-corrected chi connectivity index (χ0v) is 46.8. The van der Waals surface area contributed by atoms with Crippen molar-refractivity contribution in [1.82, 2.24) is 34.5 Å². The molecule has 0 bridgehead atoms. The van der Waals surface area contributed by atoms with Crippen molar-refractivity contribution in [3.8, 4) is 0 Å². The van der Waals surface area contributed by atoms with Crippen LogP contribution < -0.4 is 10.6 Å². The van der Waals surface area contributed by atoms with E-state index >= 15 is 17.6 Å². The van der Waals surface area contributed by atoms with Gasteiger partial charge >= 0.3 is 127 Å². The second-order valence-electron chi connectivity index (χ2n) is 18.8. The molecule has 0 aromatic rings. The molecule has 0 spiro atoms. The maximum Gasteiger partial charge on any atom is 3.00 e. The van der Waals surface area contributed by atoms with Crippen molar-refractivity contribution < 1.29 is 207 Å². The van der Waals surface area contributed by atoms with Gasteiger partial charge in [-0.15, -0.1) is 0 Å². The molecule has 2 fully saturated rings. The largest absolute Gasteiger partial charge is 3.00 e. The van der Waals surface area contributed by atoms with Gasteiger partial charge in [-0.25, -0.2) is 4.31 Å². The Morgan fingerprint density at radius 2 is 1.01 bits per heavy atom. The molecule has 0 saturated carbocycles. The molecule has 1 radical (unpaired) electrons. The number of unbranched alkanes of at least 4 members (excludes halogenated alkanes) is 1. The van der Waals surface area contributed by atoms with Gasteiger partial charge in [-0.2, -0.15) is 83.1 Å². The second-order valence-corrected chi connectivity index (χ2v) is 20.7. The van der Waals surface area contributed by atoms with E-state index < -0.39 is 224 Å². The molecular formula is C41H56F17GdN7O19S+3. The predicted octanol–water partition coefficient (Wildman–Crippen LogP) is -1.35. The Morgan fingerprint density at radius 1 is 0.605 bits per heavy atom. The fraction of sp³-hybridized carbons (Fsp3) is 0.829. The molecule has 2 amide bonds. The number of nitrogens with one attached hydrogen (secondary N) is 2. The SMILES string of the molecule is CC(C(=O)NCC(=O)N(CCCCC(NCC(=O)O[C@H]1O[C@H](CO)[C@@H](O)[C@H](O)[C@@H]1O)C(=O)O)S(=O)(=O)C(F)(F)C(F)(F)C(F)(F)C(F)(F)C(F)(F)C(F)(F)C(F)(F)C(F)(F)F)N1CCN(CC(=O)O)CCN(CC(=O)O)CCN(CC(=O)O)CC1.[Gd+3]. The third-order valence-electron chi connectivity index (χ3n) is 12.9. The van der Waals surface area contributed by atoms with E-state index in [-0.39, 0.29) is 79.2 Å². The summed E-state index contributed by atoms with van der Waals surface area (Å²) in [5, 5.41) is 72.2. The van der Waals surface area contributed by atoms with Crippen molar-refractivity contribution in [2.45, 2.75) is 116 Å². The molecule has 0 aromatic heterocycles. The van der Waals surface area contributed by atoms with Crippen LogP contribution in [0.4, 0.5) is 74.6 Å². The summed E-state index contributed by atoms with van der Waals surface area (Å²) < 4.78 is 277. The molecule has 2 aliphatic heterocycles. The zero-order valence-electron chi connectivity index (χ0n) is 43.8. The Balaban J connectivity index is 0.0000370. The second kappa shape index (κ2) is 31.1. The molecule has 2 heterocycles. The van der Waals surface area contributed by atoms with Gasteiger partial charge < -0.3 is 55.6 Å². The summed E-state index contributed by atoms with van der Waals surface area (Å²) in [5.41, 5.74) is 0. The molecule has 10 N–H and O–H groups in total. The first-order valence-corrected chi connectivity index (χ1v) is 25.5. The Labute approximate surface area is 505 Å². The van der Waals surface area contributed by atoms with Crippen molar-refractivity contribution in [3.63, 3.8) is 0 Å². The maximum atomic E-state index is 15.7. The number of carboxylic acids is 4. The average Bonchev–Trinajstić information content (AvgIpc) is 0.776. The molecular weight excluding hydrogens is 1410 g/mol. The first-order valence-electron chi connectivity index (χ1n) is 24.1. The van der Waals surface area contributed by atoms with E-state index in [4.69, 9.17) is 9.47 Å². The minimum absolute atomic E-state index is 0. The summed E-state index contributed by atoms with van der Waals surface area (Å²) in [6.07, 6.45) is -21.8. The normalized spacial score (nSPS) is 22.0. The van der Waals surface area contributed by atoms with Crippen LogP contribution in [-0.4, -0.2) is 303 Å². The monoisotopic (exact) mass is 1460 g/mol. The van der Waals surface area contributed by atoms with Gasteiger partial charge in [0.25, 0.3) is 5.91 Å². The van der Waals surface area contributed by atoms with Gasteiger partial charge in [-0.05, 0) is 26.2 Å². The smallest absolute Gasteiger partial charge is 0.480 e. The first-order chi connectivity index (χ1) is 38.5. The number of carbonyl (C=O) groups excluding carboxylic acids is 3. The summed E-state index contributed by atoms with van der Waals surface area (Å²) in [5.74, 6) is -66.2. The number of ether oxygens (including phenoxy) is 2. The maximum absolute atomic E-state index is 15.7. The van der Waals surface area contributed by atoms with Crippen molar-refractivity contribution in [3.05, 3.63) is 0 Å². The van der Waals surface area contributed by atoms with Gasteiger partial charge in [0, 0.05) is 58.9 Å². The van der Waals surface area contributed by atoms with Crippen LogP contribution in [0.1, 0.15) is 26.2 Å². The molecule has 86 heavy (non-hydrogen) atoms. The summed E-state index contributed by atoms with van der Waals surface area (Å²) in [6.45, 7) is -10.1.